The second-order valence-electron chi connectivity index (χ2n) is 4.42. The van der Waals surface area contributed by atoms with E-state index in [1.165, 1.54) is 0 Å². The molecule has 0 aromatic rings. The maximum absolute atomic E-state index is 11.2. The van der Waals surface area contributed by atoms with Crippen molar-refractivity contribution in [2.75, 3.05) is 31.2 Å². The number of hydrogen-bond donors (Lipinski definition) is 1. The number of rotatable bonds is 7. The fourth-order valence-corrected chi connectivity index (χ4v) is 2.77. The molecule has 1 rings (SSSR count). The molecule has 0 aromatic carbocycles. The molecule has 0 aliphatic carbocycles. The monoisotopic (exact) mass is 249 g/mol. The maximum Gasteiger partial charge on any atom is 0.150 e. The molecule has 4 nitrogen and oxygen atoms in total. The first kappa shape index (κ1) is 13.9. The van der Waals surface area contributed by atoms with E-state index in [0.717, 1.165) is 26.1 Å². The van der Waals surface area contributed by atoms with Gasteiger partial charge < -0.3 is 10.1 Å². The molecule has 5 heteroatoms. The van der Waals surface area contributed by atoms with Crippen molar-refractivity contribution in [1.29, 1.82) is 0 Å². The van der Waals surface area contributed by atoms with Crippen LogP contribution in [0.4, 0.5) is 0 Å². The Labute approximate surface area is 98.7 Å². The molecule has 2 atom stereocenters. The molecule has 1 N–H and O–H groups in total. The van der Waals surface area contributed by atoms with Crippen LogP contribution in [-0.2, 0) is 14.6 Å². The van der Waals surface area contributed by atoms with Gasteiger partial charge in [0.1, 0.15) is 9.84 Å². The minimum absolute atomic E-state index is 0.250. The van der Waals surface area contributed by atoms with Gasteiger partial charge in [0, 0.05) is 18.9 Å². The zero-order chi connectivity index (χ0) is 12.0. The van der Waals surface area contributed by atoms with Crippen LogP contribution < -0.4 is 5.32 Å². The van der Waals surface area contributed by atoms with Crippen molar-refractivity contribution < 1.29 is 13.2 Å². The van der Waals surface area contributed by atoms with Crippen LogP contribution in [-0.4, -0.2) is 45.7 Å². The first-order chi connectivity index (χ1) is 7.55. The average Bonchev–Trinajstić information content (AvgIpc) is 2.64. The molecule has 0 aromatic heterocycles. The van der Waals surface area contributed by atoms with Crippen LogP contribution in [0.5, 0.6) is 0 Å². The smallest absolute Gasteiger partial charge is 0.150 e. The van der Waals surface area contributed by atoms with Crippen molar-refractivity contribution in [3.63, 3.8) is 0 Å². The lowest BCUT2D eigenvalue weighted by molar-refractivity contribution is 0.105. The van der Waals surface area contributed by atoms with Crippen LogP contribution in [0, 0.1) is 5.92 Å². The standard InChI is InChI=1S/C11H23NO3S/c1-3-16(13,14)8-4-6-12-9-11-5-7-15-10(11)2/h10-12H,3-9H2,1-2H3. The lowest BCUT2D eigenvalue weighted by Gasteiger charge is -2.14. The normalized spacial score (nSPS) is 26.1. The highest BCUT2D eigenvalue weighted by atomic mass is 32.2. The Kier molecular flexibility index (Phi) is 5.72. The molecule has 2 unspecified atom stereocenters. The summed E-state index contributed by atoms with van der Waals surface area (Å²) in [6, 6.07) is 0. The molecule has 1 saturated heterocycles. The number of nitrogens with one attached hydrogen (secondary N) is 1. The summed E-state index contributed by atoms with van der Waals surface area (Å²) in [6.07, 6.45) is 2.16. The molecule has 0 radical (unpaired) electrons. The summed E-state index contributed by atoms with van der Waals surface area (Å²) in [5.41, 5.74) is 0. The Morgan fingerprint density at radius 3 is 2.75 bits per heavy atom. The van der Waals surface area contributed by atoms with Crippen LogP contribution in [0.25, 0.3) is 0 Å². The van der Waals surface area contributed by atoms with Crippen LogP contribution >= 0.6 is 0 Å². The molecule has 0 bridgehead atoms. The van der Waals surface area contributed by atoms with E-state index in [0.29, 0.717) is 24.2 Å². The number of sulfone groups is 1. The molecule has 0 saturated carbocycles. The van der Waals surface area contributed by atoms with Gasteiger partial charge in [0.2, 0.25) is 0 Å². The van der Waals surface area contributed by atoms with Crippen molar-refractivity contribution in [3.05, 3.63) is 0 Å². The molecule has 1 aliphatic heterocycles. The van der Waals surface area contributed by atoms with Gasteiger partial charge in [-0.25, -0.2) is 8.42 Å². The largest absolute Gasteiger partial charge is 0.378 e. The van der Waals surface area contributed by atoms with E-state index in [1.807, 2.05) is 0 Å². The van der Waals surface area contributed by atoms with Crippen LogP contribution in [0.3, 0.4) is 0 Å². The third kappa shape index (κ3) is 4.80. The van der Waals surface area contributed by atoms with Gasteiger partial charge in [0.05, 0.1) is 11.9 Å². The van der Waals surface area contributed by atoms with Crippen molar-refractivity contribution in [1.82, 2.24) is 5.32 Å². The minimum atomic E-state index is -2.79. The Balaban J connectivity index is 2.04. The predicted octanol–water partition coefficient (Wildman–Crippen LogP) is 0.826. The first-order valence-corrected chi connectivity index (χ1v) is 7.90. The molecular weight excluding hydrogens is 226 g/mol. The molecule has 0 spiro atoms. The van der Waals surface area contributed by atoms with E-state index in [1.54, 1.807) is 6.92 Å². The van der Waals surface area contributed by atoms with E-state index in [4.69, 9.17) is 4.74 Å². The third-order valence-corrected chi connectivity index (χ3v) is 4.98. The highest BCUT2D eigenvalue weighted by Gasteiger charge is 2.23. The van der Waals surface area contributed by atoms with Crippen LogP contribution in [0.2, 0.25) is 0 Å². The van der Waals surface area contributed by atoms with Crippen molar-refractivity contribution >= 4 is 9.84 Å². The maximum atomic E-state index is 11.2. The van der Waals surface area contributed by atoms with Gasteiger partial charge in [-0.3, -0.25) is 0 Å². The Hall–Kier alpha value is -0.130. The minimum Gasteiger partial charge on any atom is -0.378 e. The summed E-state index contributed by atoms with van der Waals surface area (Å²) in [6.45, 7) is 6.37. The van der Waals surface area contributed by atoms with Gasteiger partial charge >= 0.3 is 0 Å². The summed E-state index contributed by atoms with van der Waals surface area (Å²) in [7, 11) is -2.79. The lowest BCUT2D eigenvalue weighted by Crippen LogP contribution is -2.28. The van der Waals surface area contributed by atoms with E-state index < -0.39 is 9.84 Å². The van der Waals surface area contributed by atoms with Crippen molar-refractivity contribution in [3.8, 4) is 0 Å². The van der Waals surface area contributed by atoms with E-state index in [9.17, 15) is 8.42 Å². The molecule has 1 aliphatic rings. The third-order valence-electron chi connectivity index (χ3n) is 3.19. The summed E-state index contributed by atoms with van der Waals surface area (Å²) >= 11 is 0. The van der Waals surface area contributed by atoms with Gasteiger partial charge in [-0.1, -0.05) is 6.92 Å². The Bertz CT molecular complexity index is 290. The predicted molar refractivity (Wildman–Crippen MR) is 65.3 cm³/mol. The fraction of sp³-hybridized carbons (Fsp3) is 1.00. The lowest BCUT2D eigenvalue weighted by atomic mass is 10.0. The summed E-state index contributed by atoms with van der Waals surface area (Å²) in [4.78, 5) is 0. The second-order valence-corrected chi connectivity index (χ2v) is 6.89. The van der Waals surface area contributed by atoms with Gasteiger partial charge in [-0.2, -0.15) is 0 Å². The topological polar surface area (TPSA) is 55.4 Å². The van der Waals surface area contributed by atoms with E-state index in [-0.39, 0.29) is 5.75 Å². The van der Waals surface area contributed by atoms with Crippen molar-refractivity contribution in [2.24, 2.45) is 5.92 Å². The molecule has 1 heterocycles. The zero-order valence-corrected chi connectivity index (χ0v) is 11.1. The summed E-state index contributed by atoms with van der Waals surface area (Å²) in [5, 5.41) is 3.31. The van der Waals surface area contributed by atoms with Crippen molar-refractivity contribution in [2.45, 2.75) is 32.8 Å². The van der Waals surface area contributed by atoms with Gasteiger partial charge in [0.25, 0.3) is 0 Å². The highest BCUT2D eigenvalue weighted by molar-refractivity contribution is 7.91. The summed E-state index contributed by atoms with van der Waals surface area (Å²) < 4.78 is 27.9. The zero-order valence-electron chi connectivity index (χ0n) is 10.2. The fourth-order valence-electron chi connectivity index (χ4n) is 1.89. The first-order valence-electron chi connectivity index (χ1n) is 6.08. The molecular formula is C11H23NO3S. The van der Waals surface area contributed by atoms with E-state index in [2.05, 4.69) is 12.2 Å². The molecule has 96 valence electrons. The Morgan fingerprint density at radius 2 is 2.19 bits per heavy atom. The number of ether oxygens (including phenoxy) is 1. The summed E-state index contributed by atoms with van der Waals surface area (Å²) in [5.74, 6) is 1.14. The Morgan fingerprint density at radius 1 is 1.44 bits per heavy atom. The molecule has 16 heavy (non-hydrogen) atoms. The molecule has 0 amide bonds. The van der Waals surface area contributed by atoms with Crippen LogP contribution in [0.1, 0.15) is 26.7 Å². The SMILES string of the molecule is CCS(=O)(=O)CCCNCC1CCOC1C. The van der Waals surface area contributed by atoms with Gasteiger partial charge in [-0.15, -0.1) is 0 Å². The average molecular weight is 249 g/mol. The van der Waals surface area contributed by atoms with Crippen LogP contribution in [0.15, 0.2) is 0 Å². The second kappa shape index (κ2) is 6.57. The van der Waals surface area contributed by atoms with Gasteiger partial charge in [-0.05, 0) is 32.2 Å². The highest BCUT2D eigenvalue weighted by Crippen LogP contribution is 2.19. The molecule has 1 fully saturated rings. The number of hydrogen-bond acceptors (Lipinski definition) is 4. The quantitative estimate of drug-likeness (QED) is 0.679. The van der Waals surface area contributed by atoms with Gasteiger partial charge in [0.15, 0.2) is 0 Å². The van der Waals surface area contributed by atoms with E-state index >= 15 is 0 Å².